The van der Waals surface area contributed by atoms with Crippen molar-refractivity contribution in [2.45, 2.75) is 0 Å². The molecular formula is C14H11NO4. The predicted molar refractivity (Wildman–Crippen MR) is 70.5 cm³/mol. The van der Waals surface area contributed by atoms with Crippen molar-refractivity contribution in [1.82, 2.24) is 0 Å². The zero-order valence-corrected chi connectivity index (χ0v) is 10.2. The smallest absolute Gasteiger partial charge is 0.280 e. The molecule has 0 aromatic heterocycles. The number of benzene rings is 2. The number of hydrogen-bond donors (Lipinski definition) is 0. The molecule has 19 heavy (non-hydrogen) atoms. The van der Waals surface area contributed by atoms with Crippen molar-refractivity contribution in [3.05, 3.63) is 58.1 Å². The summed E-state index contributed by atoms with van der Waals surface area (Å²) in [5.74, 6) is 0.431. The number of carbonyl (C=O) groups is 1. The summed E-state index contributed by atoms with van der Waals surface area (Å²) in [7, 11) is 1.46. The topological polar surface area (TPSA) is 69.4 Å². The van der Waals surface area contributed by atoms with Gasteiger partial charge in [0.2, 0.25) is 0 Å². The van der Waals surface area contributed by atoms with Crippen LogP contribution in [-0.4, -0.2) is 18.3 Å². The van der Waals surface area contributed by atoms with Crippen LogP contribution < -0.4 is 4.74 Å². The SMILES string of the molecule is COc1ccc(-c2ccc(C=O)cc2)c([N+](=O)[O-])c1. The maximum atomic E-state index is 11.1. The molecule has 0 saturated carbocycles. The average molecular weight is 257 g/mol. The molecule has 0 bridgehead atoms. The summed E-state index contributed by atoms with van der Waals surface area (Å²) in [6.07, 6.45) is 0.728. The predicted octanol–water partition coefficient (Wildman–Crippen LogP) is 3.08. The molecule has 0 aliphatic rings. The molecule has 0 atom stereocenters. The van der Waals surface area contributed by atoms with Gasteiger partial charge in [0.25, 0.3) is 5.69 Å². The summed E-state index contributed by atoms with van der Waals surface area (Å²) >= 11 is 0. The van der Waals surface area contributed by atoms with Crippen LogP contribution in [0, 0.1) is 10.1 Å². The van der Waals surface area contributed by atoms with Crippen LogP contribution in [0.1, 0.15) is 10.4 Å². The van der Waals surface area contributed by atoms with Gasteiger partial charge >= 0.3 is 0 Å². The molecule has 0 aliphatic heterocycles. The standard InChI is InChI=1S/C14H11NO4/c1-19-12-6-7-13(14(8-12)15(17)18)11-4-2-10(9-16)3-5-11/h2-9H,1H3. The van der Waals surface area contributed by atoms with Crippen molar-refractivity contribution in [1.29, 1.82) is 0 Å². The lowest BCUT2D eigenvalue weighted by atomic mass is 10.0. The second-order valence-electron chi connectivity index (χ2n) is 3.88. The van der Waals surface area contributed by atoms with Gasteiger partial charge < -0.3 is 4.74 Å². The number of aldehydes is 1. The Morgan fingerprint density at radius 1 is 1.16 bits per heavy atom. The Kier molecular flexibility index (Phi) is 3.56. The Labute approximate surface area is 109 Å². The van der Waals surface area contributed by atoms with Crippen molar-refractivity contribution >= 4 is 12.0 Å². The molecule has 0 unspecified atom stereocenters. The van der Waals surface area contributed by atoms with Crippen LogP contribution in [-0.2, 0) is 0 Å². The third-order valence-corrected chi connectivity index (χ3v) is 2.76. The van der Waals surface area contributed by atoms with Gasteiger partial charge in [-0.3, -0.25) is 14.9 Å². The molecule has 0 spiro atoms. The fourth-order valence-electron chi connectivity index (χ4n) is 1.77. The largest absolute Gasteiger partial charge is 0.497 e. The molecule has 0 N–H and O–H groups in total. The van der Waals surface area contributed by atoms with Crippen LogP contribution in [0.4, 0.5) is 5.69 Å². The first-order chi connectivity index (χ1) is 9.15. The van der Waals surface area contributed by atoms with E-state index in [0.717, 1.165) is 6.29 Å². The molecule has 0 heterocycles. The lowest BCUT2D eigenvalue weighted by Gasteiger charge is -2.05. The molecule has 5 nitrogen and oxygen atoms in total. The molecule has 0 radical (unpaired) electrons. The van der Waals surface area contributed by atoms with Gasteiger partial charge in [-0.1, -0.05) is 24.3 Å². The highest BCUT2D eigenvalue weighted by molar-refractivity contribution is 5.79. The summed E-state index contributed by atoms with van der Waals surface area (Å²) < 4.78 is 4.98. The summed E-state index contributed by atoms with van der Waals surface area (Å²) in [6, 6.07) is 11.3. The second-order valence-corrected chi connectivity index (χ2v) is 3.88. The summed E-state index contributed by atoms with van der Waals surface area (Å²) in [5.41, 5.74) is 1.67. The fraction of sp³-hybridized carbons (Fsp3) is 0.0714. The fourth-order valence-corrected chi connectivity index (χ4v) is 1.77. The third kappa shape index (κ3) is 2.60. The van der Waals surface area contributed by atoms with E-state index in [1.807, 2.05) is 0 Å². The Morgan fingerprint density at radius 3 is 2.37 bits per heavy atom. The van der Waals surface area contributed by atoms with Crippen LogP contribution >= 0.6 is 0 Å². The number of hydrogen-bond acceptors (Lipinski definition) is 4. The lowest BCUT2D eigenvalue weighted by molar-refractivity contribution is -0.384. The number of rotatable bonds is 4. The van der Waals surface area contributed by atoms with E-state index < -0.39 is 4.92 Å². The van der Waals surface area contributed by atoms with E-state index in [0.29, 0.717) is 22.4 Å². The Morgan fingerprint density at radius 2 is 1.84 bits per heavy atom. The highest BCUT2D eigenvalue weighted by Crippen LogP contribution is 2.33. The first-order valence-corrected chi connectivity index (χ1v) is 5.53. The highest BCUT2D eigenvalue weighted by Gasteiger charge is 2.16. The maximum Gasteiger partial charge on any atom is 0.280 e. The number of nitro groups is 1. The number of ether oxygens (including phenoxy) is 1. The molecule has 0 aliphatic carbocycles. The van der Waals surface area contributed by atoms with Gasteiger partial charge in [-0.15, -0.1) is 0 Å². The Bertz CT molecular complexity index is 620. The molecule has 5 heteroatoms. The Hall–Kier alpha value is -2.69. The zero-order chi connectivity index (χ0) is 13.8. The van der Waals surface area contributed by atoms with E-state index in [4.69, 9.17) is 4.74 Å². The monoisotopic (exact) mass is 257 g/mol. The molecule has 2 aromatic rings. The first kappa shape index (κ1) is 12.8. The minimum atomic E-state index is -0.453. The van der Waals surface area contributed by atoms with Crippen LogP contribution in [0.3, 0.4) is 0 Å². The van der Waals surface area contributed by atoms with Crippen LogP contribution in [0.25, 0.3) is 11.1 Å². The van der Waals surface area contributed by atoms with E-state index in [-0.39, 0.29) is 5.69 Å². The van der Waals surface area contributed by atoms with Gasteiger partial charge in [-0.05, 0) is 17.7 Å². The van der Waals surface area contributed by atoms with Gasteiger partial charge in [0.15, 0.2) is 0 Å². The minimum Gasteiger partial charge on any atom is -0.497 e. The quantitative estimate of drug-likeness (QED) is 0.479. The van der Waals surface area contributed by atoms with Gasteiger partial charge in [0, 0.05) is 5.56 Å². The van der Waals surface area contributed by atoms with Crippen LogP contribution in [0.2, 0.25) is 0 Å². The number of nitro benzene ring substituents is 1. The molecule has 0 amide bonds. The van der Waals surface area contributed by atoms with Crippen molar-refractivity contribution in [3.8, 4) is 16.9 Å². The van der Waals surface area contributed by atoms with E-state index >= 15 is 0 Å². The lowest BCUT2D eigenvalue weighted by Crippen LogP contribution is -1.94. The zero-order valence-electron chi connectivity index (χ0n) is 10.2. The van der Waals surface area contributed by atoms with Gasteiger partial charge in [0.05, 0.1) is 23.7 Å². The number of methoxy groups -OCH3 is 1. The maximum absolute atomic E-state index is 11.1. The normalized spacial score (nSPS) is 9.95. The van der Waals surface area contributed by atoms with Crippen molar-refractivity contribution in [2.24, 2.45) is 0 Å². The van der Waals surface area contributed by atoms with Crippen molar-refractivity contribution in [3.63, 3.8) is 0 Å². The first-order valence-electron chi connectivity index (χ1n) is 5.53. The van der Waals surface area contributed by atoms with Crippen molar-refractivity contribution < 1.29 is 14.5 Å². The average Bonchev–Trinajstić information content (AvgIpc) is 2.46. The Balaban J connectivity index is 2.53. The molecule has 2 aromatic carbocycles. The summed E-state index contributed by atoms with van der Waals surface area (Å²) in [5, 5.41) is 11.1. The minimum absolute atomic E-state index is 0.0294. The molecular weight excluding hydrogens is 246 g/mol. The molecule has 0 saturated heterocycles. The molecule has 0 fully saturated rings. The molecule has 96 valence electrons. The summed E-state index contributed by atoms with van der Waals surface area (Å²) in [4.78, 5) is 21.2. The van der Waals surface area contributed by atoms with E-state index in [2.05, 4.69) is 0 Å². The van der Waals surface area contributed by atoms with E-state index in [9.17, 15) is 14.9 Å². The van der Waals surface area contributed by atoms with Gasteiger partial charge in [-0.2, -0.15) is 0 Å². The number of carbonyl (C=O) groups excluding carboxylic acids is 1. The van der Waals surface area contributed by atoms with Gasteiger partial charge in [-0.25, -0.2) is 0 Å². The number of nitrogens with zero attached hydrogens (tertiary/aromatic N) is 1. The van der Waals surface area contributed by atoms with E-state index in [1.54, 1.807) is 36.4 Å². The third-order valence-electron chi connectivity index (χ3n) is 2.76. The van der Waals surface area contributed by atoms with Crippen LogP contribution in [0.15, 0.2) is 42.5 Å². The van der Waals surface area contributed by atoms with Gasteiger partial charge in [0.1, 0.15) is 12.0 Å². The summed E-state index contributed by atoms with van der Waals surface area (Å²) in [6.45, 7) is 0. The van der Waals surface area contributed by atoms with E-state index in [1.165, 1.54) is 13.2 Å². The second kappa shape index (κ2) is 5.30. The van der Waals surface area contributed by atoms with Crippen LogP contribution in [0.5, 0.6) is 5.75 Å². The molecule has 2 rings (SSSR count). The highest BCUT2D eigenvalue weighted by atomic mass is 16.6. The van der Waals surface area contributed by atoms with Crippen molar-refractivity contribution in [2.75, 3.05) is 7.11 Å².